The van der Waals surface area contributed by atoms with Crippen molar-refractivity contribution in [3.8, 4) is 0 Å². The van der Waals surface area contributed by atoms with E-state index in [-0.39, 0.29) is 12.5 Å². The Morgan fingerprint density at radius 2 is 2.29 bits per heavy atom. The lowest BCUT2D eigenvalue weighted by atomic mass is 9.72. The monoisotopic (exact) mass is 241 g/mol. The number of nitrogens with one attached hydrogen (secondary N) is 1. The molecule has 0 aliphatic carbocycles. The summed E-state index contributed by atoms with van der Waals surface area (Å²) in [5.74, 6) is -1.15. The lowest BCUT2D eigenvalue weighted by Crippen LogP contribution is -2.64. The zero-order valence-electron chi connectivity index (χ0n) is 10.5. The Labute approximate surface area is 101 Å². The van der Waals surface area contributed by atoms with Crippen molar-refractivity contribution in [2.75, 3.05) is 13.2 Å². The highest BCUT2D eigenvalue weighted by Crippen LogP contribution is 2.45. The predicted molar refractivity (Wildman–Crippen MR) is 60.3 cm³/mol. The highest BCUT2D eigenvalue weighted by Gasteiger charge is 2.67. The number of hydrogen-bond acceptors (Lipinski definition) is 5. The van der Waals surface area contributed by atoms with Gasteiger partial charge in [0.05, 0.1) is 6.61 Å². The summed E-state index contributed by atoms with van der Waals surface area (Å²) in [5.41, 5.74) is -1.89. The van der Waals surface area contributed by atoms with E-state index >= 15 is 0 Å². The quantitative estimate of drug-likeness (QED) is 0.567. The van der Waals surface area contributed by atoms with E-state index in [4.69, 9.17) is 9.47 Å². The maximum absolute atomic E-state index is 12.1. The third-order valence-electron chi connectivity index (χ3n) is 3.71. The zero-order chi connectivity index (χ0) is 12.7. The van der Waals surface area contributed by atoms with Crippen LogP contribution < -0.4 is 5.32 Å². The average Bonchev–Trinajstić information content (AvgIpc) is 2.48. The Morgan fingerprint density at radius 3 is 2.94 bits per heavy atom. The number of rotatable bonds is 2. The van der Waals surface area contributed by atoms with Gasteiger partial charge in [0.2, 0.25) is 5.54 Å². The molecule has 0 bridgehead atoms. The molecule has 17 heavy (non-hydrogen) atoms. The van der Waals surface area contributed by atoms with Crippen molar-refractivity contribution in [2.24, 2.45) is 5.92 Å². The van der Waals surface area contributed by atoms with Crippen LogP contribution in [0.3, 0.4) is 0 Å². The van der Waals surface area contributed by atoms with Gasteiger partial charge in [0.25, 0.3) is 0 Å². The summed E-state index contributed by atoms with van der Waals surface area (Å²) in [6.07, 6.45) is 1.73. The molecular weight excluding hydrogens is 222 g/mol. The average molecular weight is 241 g/mol. The van der Waals surface area contributed by atoms with Crippen LogP contribution in [0.2, 0.25) is 0 Å². The van der Waals surface area contributed by atoms with Crippen molar-refractivity contribution in [2.45, 2.75) is 44.8 Å². The molecule has 0 aromatic heterocycles. The van der Waals surface area contributed by atoms with Crippen molar-refractivity contribution >= 4 is 11.9 Å². The Kier molecular flexibility index (Phi) is 2.89. The van der Waals surface area contributed by atoms with E-state index in [1.165, 1.54) is 0 Å². The van der Waals surface area contributed by atoms with Crippen LogP contribution in [0.25, 0.3) is 0 Å². The van der Waals surface area contributed by atoms with Gasteiger partial charge in [0, 0.05) is 5.92 Å². The van der Waals surface area contributed by atoms with E-state index < -0.39 is 23.1 Å². The van der Waals surface area contributed by atoms with E-state index in [9.17, 15) is 9.59 Å². The van der Waals surface area contributed by atoms with Crippen molar-refractivity contribution in [1.82, 2.24) is 5.32 Å². The first kappa shape index (κ1) is 12.4. The number of ether oxygens (including phenoxy) is 2. The SMILES string of the molecule is CCOC(=O)[C@]12NCCC[C@H]1C(C)(C)OC2=O. The van der Waals surface area contributed by atoms with Crippen molar-refractivity contribution < 1.29 is 19.1 Å². The smallest absolute Gasteiger partial charge is 0.339 e. The van der Waals surface area contributed by atoms with Gasteiger partial charge in [0.1, 0.15) is 5.60 Å². The molecule has 2 rings (SSSR count). The highest BCUT2D eigenvalue weighted by molar-refractivity contribution is 6.07. The van der Waals surface area contributed by atoms with Crippen LogP contribution in [0.1, 0.15) is 33.6 Å². The molecule has 0 amide bonds. The standard InChI is InChI=1S/C12H19NO4/c1-4-16-9(14)12-8(6-5-7-13-12)11(2,3)17-10(12)15/h8,13H,4-7H2,1-3H3/t8-,12+/m0/s1. The molecule has 96 valence electrons. The van der Waals surface area contributed by atoms with E-state index in [0.29, 0.717) is 6.54 Å². The van der Waals surface area contributed by atoms with Gasteiger partial charge < -0.3 is 9.47 Å². The largest absolute Gasteiger partial charge is 0.464 e. The van der Waals surface area contributed by atoms with Crippen LogP contribution >= 0.6 is 0 Å². The molecule has 2 aliphatic heterocycles. The molecule has 2 fully saturated rings. The molecule has 2 saturated heterocycles. The van der Waals surface area contributed by atoms with Crippen molar-refractivity contribution in [3.63, 3.8) is 0 Å². The first-order valence-electron chi connectivity index (χ1n) is 6.11. The fraction of sp³-hybridized carbons (Fsp3) is 0.833. The fourth-order valence-electron chi connectivity index (χ4n) is 2.95. The van der Waals surface area contributed by atoms with Gasteiger partial charge in [-0.15, -0.1) is 0 Å². The van der Waals surface area contributed by atoms with E-state index in [1.807, 2.05) is 13.8 Å². The number of fused-ring (bicyclic) bond motifs is 1. The summed E-state index contributed by atoms with van der Waals surface area (Å²) in [6.45, 7) is 6.34. The summed E-state index contributed by atoms with van der Waals surface area (Å²) in [5, 5.41) is 3.04. The van der Waals surface area contributed by atoms with Crippen molar-refractivity contribution in [3.05, 3.63) is 0 Å². The van der Waals surface area contributed by atoms with Gasteiger partial charge in [-0.3, -0.25) is 5.32 Å². The minimum atomic E-state index is -1.28. The summed E-state index contributed by atoms with van der Waals surface area (Å²) < 4.78 is 10.4. The summed E-state index contributed by atoms with van der Waals surface area (Å²) in [4.78, 5) is 24.2. The molecule has 5 nitrogen and oxygen atoms in total. The Morgan fingerprint density at radius 1 is 1.59 bits per heavy atom. The van der Waals surface area contributed by atoms with Gasteiger partial charge in [0.15, 0.2) is 0 Å². The second-order valence-corrected chi connectivity index (χ2v) is 5.14. The zero-order valence-corrected chi connectivity index (χ0v) is 10.5. The Balaban J connectivity index is 2.39. The minimum absolute atomic E-state index is 0.157. The van der Waals surface area contributed by atoms with Crippen LogP contribution in [0.15, 0.2) is 0 Å². The molecule has 5 heteroatoms. The van der Waals surface area contributed by atoms with Crippen molar-refractivity contribution in [1.29, 1.82) is 0 Å². The molecule has 0 aromatic rings. The third kappa shape index (κ3) is 1.64. The molecule has 2 aliphatic rings. The number of carbonyl (C=O) groups is 2. The lowest BCUT2D eigenvalue weighted by molar-refractivity contribution is -0.162. The van der Waals surface area contributed by atoms with E-state index in [1.54, 1.807) is 6.92 Å². The maximum atomic E-state index is 12.1. The second kappa shape index (κ2) is 3.98. The summed E-state index contributed by atoms with van der Waals surface area (Å²) in [6, 6.07) is 0. The summed E-state index contributed by atoms with van der Waals surface area (Å²) in [7, 11) is 0. The fourth-order valence-corrected chi connectivity index (χ4v) is 2.95. The van der Waals surface area contributed by atoms with Crippen LogP contribution in [-0.4, -0.2) is 36.2 Å². The highest BCUT2D eigenvalue weighted by atomic mass is 16.6. The molecule has 2 atom stereocenters. The number of cyclic esters (lactones) is 1. The van der Waals surface area contributed by atoms with Gasteiger partial charge >= 0.3 is 11.9 Å². The molecule has 0 aromatic carbocycles. The molecule has 0 radical (unpaired) electrons. The maximum Gasteiger partial charge on any atom is 0.339 e. The summed E-state index contributed by atoms with van der Waals surface area (Å²) >= 11 is 0. The van der Waals surface area contributed by atoms with Crippen LogP contribution in [0.4, 0.5) is 0 Å². The number of hydrogen-bond donors (Lipinski definition) is 1. The molecule has 2 heterocycles. The lowest BCUT2D eigenvalue weighted by Gasteiger charge is -2.37. The molecule has 1 N–H and O–H groups in total. The van der Waals surface area contributed by atoms with Crippen LogP contribution in [-0.2, 0) is 19.1 Å². The normalized spacial score (nSPS) is 35.0. The predicted octanol–water partition coefficient (Wildman–Crippen LogP) is 0.623. The Hall–Kier alpha value is -1.10. The molecular formula is C12H19NO4. The number of esters is 2. The van der Waals surface area contributed by atoms with Gasteiger partial charge in [-0.25, -0.2) is 9.59 Å². The third-order valence-corrected chi connectivity index (χ3v) is 3.71. The van der Waals surface area contributed by atoms with E-state index in [0.717, 1.165) is 12.8 Å². The molecule has 0 unspecified atom stereocenters. The molecule has 0 saturated carbocycles. The first-order chi connectivity index (χ1) is 7.95. The minimum Gasteiger partial charge on any atom is -0.464 e. The second-order valence-electron chi connectivity index (χ2n) is 5.14. The first-order valence-corrected chi connectivity index (χ1v) is 6.11. The van der Waals surface area contributed by atoms with Gasteiger partial charge in [-0.05, 0) is 40.2 Å². The van der Waals surface area contributed by atoms with E-state index in [2.05, 4.69) is 5.32 Å². The molecule has 0 spiro atoms. The number of piperidine rings is 1. The van der Waals surface area contributed by atoms with Gasteiger partial charge in [-0.1, -0.05) is 0 Å². The van der Waals surface area contributed by atoms with Gasteiger partial charge in [-0.2, -0.15) is 0 Å². The van der Waals surface area contributed by atoms with Crippen LogP contribution in [0.5, 0.6) is 0 Å². The Bertz CT molecular complexity index is 352. The topological polar surface area (TPSA) is 64.6 Å². The van der Waals surface area contributed by atoms with Crippen LogP contribution in [0, 0.1) is 5.92 Å². The number of carbonyl (C=O) groups excluding carboxylic acids is 2.